The van der Waals surface area contributed by atoms with Crippen LogP contribution in [0.15, 0.2) is 46.7 Å². The summed E-state index contributed by atoms with van der Waals surface area (Å²) in [5, 5.41) is 11.6. The predicted octanol–water partition coefficient (Wildman–Crippen LogP) is 3.24. The number of nitrogens with zero attached hydrogens (tertiary/aromatic N) is 1. The first-order chi connectivity index (χ1) is 15.3. The first-order valence-corrected chi connectivity index (χ1v) is 12.5. The second kappa shape index (κ2) is 9.31. The van der Waals surface area contributed by atoms with Crippen LogP contribution in [0.1, 0.15) is 20.3 Å². The molecule has 1 aliphatic rings. The number of hydrogen-bond acceptors (Lipinski definition) is 7. The lowest BCUT2D eigenvalue weighted by Gasteiger charge is -2.21. The lowest BCUT2D eigenvalue weighted by atomic mass is 10.1. The van der Waals surface area contributed by atoms with Crippen LogP contribution < -0.4 is 19.5 Å². The van der Waals surface area contributed by atoms with Gasteiger partial charge in [0.1, 0.15) is 6.04 Å². The van der Waals surface area contributed by atoms with Crippen molar-refractivity contribution in [3.8, 4) is 22.1 Å². The van der Waals surface area contributed by atoms with Crippen LogP contribution in [0.5, 0.6) is 11.5 Å². The van der Waals surface area contributed by atoms with Crippen molar-refractivity contribution in [2.45, 2.75) is 31.2 Å². The number of carbonyl (C=O) groups is 1. The van der Waals surface area contributed by atoms with Gasteiger partial charge < -0.3 is 14.8 Å². The Labute approximate surface area is 190 Å². The zero-order chi connectivity index (χ0) is 22.7. The first kappa shape index (κ1) is 22.3. The summed E-state index contributed by atoms with van der Waals surface area (Å²) >= 11 is 1.54. The average molecular weight is 477 g/mol. The summed E-state index contributed by atoms with van der Waals surface area (Å²) in [6.45, 7) is 4.48. The van der Waals surface area contributed by atoms with Crippen molar-refractivity contribution in [3.63, 3.8) is 0 Å². The van der Waals surface area contributed by atoms with Crippen molar-refractivity contribution in [1.29, 1.82) is 0 Å². The molecule has 3 heterocycles. The molecule has 32 heavy (non-hydrogen) atoms. The molecule has 1 aromatic carbocycles. The van der Waals surface area contributed by atoms with Gasteiger partial charge in [0.15, 0.2) is 17.3 Å². The summed E-state index contributed by atoms with van der Waals surface area (Å²) < 4.78 is 39.7. The highest BCUT2D eigenvalue weighted by atomic mass is 32.2. The Kier molecular flexibility index (Phi) is 6.49. The minimum absolute atomic E-state index is 0.0000453. The molecule has 2 aromatic heterocycles. The number of ether oxygens (including phenoxy) is 2. The molecule has 1 unspecified atom stereocenters. The Bertz CT molecular complexity index is 1190. The number of H-pyrrole nitrogens is 1. The molecule has 3 N–H and O–H groups in total. The third-order valence-corrected chi connectivity index (χ3v) is 7.22. The van der Waals surface area contributed by atoms with Crippen LogP contribution in [0.4, 0.5) is 5.82 Å². The normalized spacial score (nSPS) is 14.7. The maximum absolute atomic E-state index is 13.0. The number of hydrogen-bond donors (Lipinski definition) is 3. The van der Waals surface area contributed by atoms with Crippen LogP contribution in [0.3, 0.4) is 0 Å². The highest BCUT2D eigenvalue weighted by Gasteiger charge is 2.29. The van der Waals surface area contributed by atoms with Gasteiger partial charge in [-0.1, -0.05) is 19.9 Å². The SMILES string of the molecule is CC(C)C(NS(=O)(=O)c1ccc2c(c1)OCCCO2)C(=O)Nc1cc(-c2cccs2)[nH]n1. The van der Waals surface area contributed by atoms with Crippen LogP contribution in [0.25, 0.3) is 10.6 Å². The van der Waals surface area contributed by atoms with Crippen LogP contribution in [-0.4, -0.2) is 43.8 Å². The molecule has 4 rings (SSSR count). The highest BCUT2D eigenvalue weighted by molar-refractivity contribution is 7.89. The zero-order valence-electron chi connectivity index (χ0n) is 17.6. The third kappa shape index (κ3) is 4.95. The molecule has 1 aliphatic heterocycles. The van der Waals surface area contributed by atoms with Crippen LogP contribution in [-0.2, 0) is 14.8 Å². The van der Waals surface area contributed by atoms with E-state index in [4.69, 9.17) is 9.47 Å². The van der Waals surface area contributed by atoms with E-state index in [1.807, 2.05) is 17.5 Å². The molecule has 3 aromatic rings. The number of amides is 1. The van der Waals surface area contributed by atoms with E-state index in [9.17, 15) is 13.2 Å². The fourth-order valence-corrected chi connectivity index (χ4v) is 5.24. The molecule has 0 fully saturated rings. The maximum atomic E-state index is 13.0. The molecule has 0 aliphatic carbocycles. The lowest BCUT2D eigenvalue weighted by molar-refractivity contribution is -0.118. The topological polar surface area (TPSA) is 122 Å². The summed E-state index contributed by atoms with van der Waals surface area (Å²) in [6, 6.07) is 8.98. The van der Waals surface area contributed by atoms with Crippen LogP contribution in [0.2, 0.25) is 0 Å². The number of aromatic amines is 1. The van der Waals surface area contributed by atoms with E-state index in [2.05, 4.69) is 20.2 Å². The smallest absolute Gasteiger partial charge is 0.244 e. The second-order valence-corrected chi connectivity index (χ2v) is 10.3. The van der Waals surface area contributed by atoms with E-state index in [-0.39, 0.29) is 10.8 Å². The zero-order valence-corrected chi connectivity index (χ0v) is 19.3. The molecule has 9 nitrogen and oxygen atoms in total. The number of anilines is 1. The summed E-state index contributed by atoms with van der Waals surface area (Å²) in [5.74, 6) is 0.384. The van der Waals surface area contributed by atoms with Crippen molar-refractivity contribution in [2.75, 3.05) is 18.5 Å². The number of aromatic nitrogens is 2. The van der Waals surface area contributed by atoms with Crippen molar-refractivity contribution in [3.05, 3.63) is 41.8 Å². The van der Waals surface area contributed by atoms with Crippen molar-refractivity contribution >= 4 is 33.1 Å². The molecular formula is C21H24N4O5S2. The number of carbonyl (C=O) groups excluding carboxylic acids is 1. The van der Waals surface area contributed by atoms with Gasteiger partial charge in [-0.05, 0) is 29.5 Å². The molecule has 1 atom stereocenters. The van der Waals surface area contributed by atoms with E-state index in [0.717, 1.165) is 10.6 Å². The highest BCUT2D eigenvalue weighted by Crippen LogP contribution is 2.32. The van der Waals surface area contributed by atoms with Gasteiger partial charge in [0.25, 0.3) is 0 Å². The molecule has 0 saturated carbocycles. The molecule has 170 valence electrons. The van der Waals surface area contributed by atoms with E-state index in [1.54, 1.807) is 37.3 Å². The first-order valence-electron chi connectivity index (χ1n) is 10.2. The second-order valence-electron chi connectivity index (χ2n) is 7.64. The molecule has 0 radical (unpaired) electrons. The molecule has 0 spiro atoms. The third-order valence-electron chi connectivity index (χ3n) is 4.88. The van der Waals surface area contributed by atoms with Gasteiger partial charge in [0, 0.05) is 18.6 Å². The van der Waals surface area contributed by atoms with Crippen LogP contribution in [0, 0.1) is 5.92 Å². The number of nitrogens with one attached hydrogen (secondary N) is 3. The summed E-state index contributed by atoms with van der Waals surface area (Å²) in [5.41, 5.74) is 0.768. The van der Waals surface area contributed by atoms with E-state index in [0.29, 0.717) is 37.0 Å². The molecule has 1 amide bonds. The van der Waals surface area contributed by atoms with Gasteiger partial charge >= 0.3 is 0 Å². The Morgan fingerprint density at radius 1 is 1.16 bits per heavy atom. The van der Waals surface area contributed by atoms with E-state index < -0.39 is 22.0 Å². The minimum Gasteiger partial charge on any atom is -0.490 e. The van der Waals surface area contributed by atoms with Gasteiger partial charge in [-0.25, -0.2) is 8.42 Å². The number of thiophene rings is 1. The van der Waals surface area contributed by atoms with Gasteiger partial charge in [-0.2, -0.15) is 9.82 Å². The Hall–Kier alpha value is -2.89. The summed E-state index contributed by atoms with van der Waals surface area (Å²) in [4.78, 5) is 13.9. The average Bonchev–Trinajstić information content (AvgIpc) is 3.39. The van der Waals surface area contributed by atoms with E-state index >= 15 is 0 Å². The van der Waals surface area contributed by atoms with Crippen molar-refractivity contribution in [1.82, 2.24) is 14.9 Å². The summed E-state index contributed by atoms with van der Waals surface area (Å²) in [7, 11) is -3.99. The lowest BCUT2D eigenvalue weighted by Crippen LogP contribution is -2.47. The predicted molar refractivity (Wildman–Crippen MR) is 122 cm³/mol. The van der Waals surface area contributed by atoms with Gasteiger partial charge in [0.2, 0.25) is 15.9 Å². The molecule has 11 heteroatoms. The Morgan fingerprint density at radius 2 is 1.94 bits per heavy atom. The van der Waals surface area contributed by atoms with Gasteiger partial charge in [-0.3, -0.25) is 9.89 Å². The quantitative estimate of drug-likeness (QED) is 0.481. The fraction of sp³-hybridized carbons (Fsp3) is 0.333. The standard InChI is InChI=1S/C21H24N4O5S2/c1-13(2)20(21(26)22-19-12-15(23-24-19)18-5-3-10-31-18)25-32(27,28)14-6-7-16-17(11-14)30-9-4-8-29-16/h3,5-7,10-13,20,25H,4,8-9H2,1-2H3,(H2,22,23,24,26). The monoisotopic (exact) mass is 476 g/mol. The maximum Gasteiger partial charge on any atom is 0.244 e. The van der Waals surface area contributed by atoms with Crippen molar-refractivity contribution < 1.29 is 22.7 Å². The fourth-order valence-electron chi connectivity index (χ4n) is 3.19. The van der Waals surface area contributed by atoms with Gasteiger partial charge in [-0.15, -0.1) is 11.3 Å². The number of rotatable bonds is 7. The Morgan fingerprint density at radius 3 is 2.66 bits per heavy atom. The molecule has 0 bridgehead atoms. The number of sulfonamides is 1. The minimum atomic E-state index is -3.99. The number of benzene rings is 1. The number of fused-ring (bicyclic) bond motifs is 1. The largest absolute Gasteiger partial charge is 0.490 e. The van der Waals surface area contributed by atoms with Crippen LogP contribution >= 0.6 is 11.3 Å². The molecular weight excluding hydrogens is 452 g/mol. The van der Waals surface area contributed by atoms with Crippen molar-refractivity contribution in [2.24, 2.45) is 5.92 Å². The van der Waals surface area contributed by atoms with E-state index in [1.165, 1.54) is 12.1 Å². The Balaban J connectivity index is 1.50. The molecule has 0 saturated heterocycles. The summed E-state index contributed by atoms with van der Waals surface area (Å²) in [6.07, 6.45) is 0.714. The van der Waals surface area contributed by atoms with Gasteiger partial charge in [0.05, 0.1) is 28.7 Å².